The van der Waals surface area contributed by atoms with Gasteiger partial charge in [-0.2, -0.15) is 0 Å². The number of carbonyl (C=O) groups is 1. The molecular weight excluding hydrogens is 377 g/mol. The van der Waals surface area contributed by atoms with Gasteiger partial charge in [0.05, 0.1) is 13.2 Å². The molecule has 1 aliphatic rings. The van der Waals surface area contributed by atoms with Gasteiger partial charge in [-0.25, -0.2) is 4.39 Å². The van der Waals surface area contributed by atoms with Gasteiger partial charge in [-0.05, 0) is 60.0 Å². The van der Waals surface area contributed by atoms with Crippen molar-refractivity contribution in [1.82, 2.24) is 4.90 Å². The predicted octanol–water partition coefficient (Wildman–Crippen LogP) is 5.08. The third-order valence-electron chi connectivity index (χ3n) is 5.45. The number of piperidine rings is 1. The second-order valence-electron chi connectivity index (χ2n) is 7.06. The number of thiophene rings is 1. The van der Waals surface area contributed by atoms with Crippen LogP contribution in [0.5, 0.6) is 5.75 Å². The Bertz CT molecular complexity index is 1000. The number of rotatable bonds is 5. The highest BCUT2D eigenvalue weighted by atomic mass is 32.1. The predicted molar refractivity (Wildman–Crippen MR) is 109 cm³/mol. The third kappa shape index (κ3) is 3.38. The average molecular weight is 399 g/mol. The third-order valence-corrected chi connectivity index (χ3v) is 6.43. The van der Waals surface area contributed by atoms with Crippen molar-refractivity contribution in [3.05, 3.63) is 64.8 Å². The lowest BCUT2D eigenvalue weighted by Crippen LogP contribution is -2.46. The number of benzene rings is 2. The van der Waals surface area contributed by atoms with Crippen LogP contribution in [0, 0.1) is 5.82 Å². The van der Waals surface area contributed by atoms with Gasteiger partial charge in [0, 0.05) is 10.3 Å². The molecule has 3 aromatic rings. The fourth-order valence-electron chi connectivity index (χ4n) is 4.18. The Hall–Kier alpha value is -2.44. The van der Waals surface area contributed by atoms with Gasteiger partial charge in [-0.3, -0.25) is 9.69 Å². The molecule has 1 saturated heterocycles. The monoisotopic (exact) mass is 399 g/mol. The Labute approximate surface area is 167 Å². The van der Waals surface area contributed by atoms with Crippen LogP contribution in [0.15, 0.2) is 47.8 Å². The number of nitrogens with zero attached hydrogens (tertiary/aromatic N) is 1. The van der Waals surface area contributed by atoms with Crippen molar-refractivity contribution in [2.45, 2.75) is 31.3 Å². The van der Waals surface area contributed by atoms with Crippen LogP contribution >= 0.6 is 11.3 Å². The molecule has 1 fully saturated rings. The number of carboxylic acids is 1. The molecule has 2 atom stereocenters. The fraction of sp³-hybridized carbons (Fsp3) is 0.318. The highest BCUT2D eigenvalue weighted by molar-refractivity contribution is 7.17. The molecule has 1 aromatic heterocycles. The molecule has 146 valence electrons. The molecule has 0 aliphatic carbocycles. The van der Waals surface area contributed by atoms with E-state index in [2.05, 4.69) is 5.38 Å². The van der Waals surface area contributed by atoms with Crippen LogP contribution < -0.4 is 4.74 Å². The maximum Gasteiger partial charge on any atom is 0.320 e. The van der Waals surface area contributed by atoms with Crippen LogP contribution in [-0.2, 0) is 4.79 Å². The second-order valence-corrected chi connectivity index (χ2v) is 7.97. The van der Waals surface area contributed by atoms with E-state index in [1.54, 1.807) is 24.5 Å². The van der Waals surface area contributed by atoms with Crippen molar-refractivity contribution >= 4 is 27.4 Å². The van der Waals surface area contributed by atoms with Crippen LogP contribution in [0.1, 0.15) is 36.4 Å². The summed E-state index contributed by atoms with van der Waals surface area (Å²) in [7, 11) is 1.56. The Morgan fingerprint density at radius 1 is 1.25 bits per heavy atom. The molecule has 0 radical (unpaired) electrons. The smallest absolute Gasteiger partial charge is 0.320 e. The highest BCUT2D eigenvalue weighted by Crippen LogP contribution is 2.43. The molecule has 0 spiro atoms. The van der Waals surface area contributed by atoms with Gasteiger partial charge < -0.3 is 9.84 Å². The van der Waals surface area contributed by atoms with Crippen molar-refractivity contribution in [3.8, 4) is 5.75 Å². The van der Waals surface area contributed by atoms with Crippen molar-refractivity contribution in [3.63, 3.8) is 0 Å². The molecule has 0 bridgehead atoms. The van der Waals surface area contributed by atoms with E-state index in [9.17, 15) is 14.3 Å². The Kier molecular flexibility index (Phi) is 5.33. The van der Waals surface area contributed by atoms with Gasteiger partial charge in [0.25, 0.3) is 0 Å². The van der Waals surface area contributed by atoms with Crippen molar-refractivity contribution in [2.75, 3.05) is 13.7 Å². The van der Waals surface area contributed by atoms with Crippen LogP contribution in [0.25, 0.3) is 10.1 Å². The summed E-state index contributed by atoms with van der Waals surface area (Å²) in [6, 6.07) is 11.5. The first-order valence-corrected chi connectivity index (χ1v) is 10.3. The molecule has 4 rings (SSSR count). The van der Waals surface area contributed by atoms with E-state index in [4.69, 9.17) is 4.74 Å². The minimum atomic E-state index is -0.834. The van der Waals surface area contributed by atoms with Gasteiger partial charge in [0.2, 0.25) is 0 Å². The molecule has 2 aromatic carbocycles. The summed E-state index contributed by atoms with van der Waals surface area (Å²) < 4.78 is 20.9. The first-order chi connectivity index (χ1) is 13.6. The first kappa shape index (κ1) is 18.9. The molecule has 2 heterocycles. The lowest BCUT2D eigenvalue weighted by atomic mass is 9.91. The van der Waals surface area contributed by atoms with E-state index in [0.717, 1.165) is 28.5 Å². The zero-order chi connectivity index (χ0) is 19.7. The van der Waals surface area contributed by atoms with Crippen LogP contribution in [-0.4, -0.2) is 35.7 Å². The van der Waals surface area contributed by atoms with E-state index < -0.39 is 12.0 Å². The van der Waals surface area contributed by atoms with Crippen molar-refractivity contribution in [2.24, 2.45) is 0 Å². The van der Waals surface area contributed by atoms with Gasteiger partial charge >= 0.3 is 5.97 Å². The molecular formula is C22H22FNO3S. The van der Waals surface area contributed by atoms with Crippen LogP contribution in [0.3, 0.4) is 0 Å². The normalized spacial score (nSPS) is 18.9. The second kappa shape index (κ2) is 7.89. The fourth-order valence-corrected chi connectivity index (χ4v) is 5.16. The van der Waals surface area contributed by atoms with Gasteiger partial charge in [-0.15, -0.1) is 11.3 Å². The number of hydrogen-bond acceptors (Lipinski definition) is 4. The molecule has 28 heavy (non-hydrogen) atoms. The molecule has 1 aliphatic heterocycles. The van der Waals surface area contributed by atoms with Crippen molar-refractivity contribution in [1.29, 1.82) is 0 Å². The zero-order valence-corrected chi connectivity index (χ0v) is 16.4. The number of aliphatic carboxylic acids is 1. The lowest BCUT2D eigenvalue weighted by Gasteiger charge is -2.39. The summed E-state index contributed by atoms with van der Waals surface area (Å²) in [6.07, 6.45) is 2.39. The largest absolute Gasteiger partial charge is 0.496 e. The Morgan fingerprint density at radius 2 is 2.07 bits per heavy atom. The number of hydrogen-bond donors (Lipinski definition) is 1. The molecule has 0 amide bonds. The minimum absolute atomic E-state index is 0.357. The minimum Gasteiger partial charge on any atom is -0.496 e. The maximum atomic E-state index is 14.2. The molecule has 6 heteroatoms. The summed E-state index contributed by atoms with van der Waals surface area (Å²) in [5, 5.41) is 13.0. The standard InChI is InChI=1S/C22H22FNO3S/c1-27-19-10-9-14(23)12-16(19)21(24-11-5-4-7-18(24)22(25)26)17-13-28-20-8-3-2-6-15(17)20/h2-3,6,8-10,12-13,18,21H,4-5,7,11H2,1H3,(H,25,26). The number of ether oxygens (including phenoxy) is 1. The summed E-state index contributed by atoms with van der Waals surface area (Å²) >= 11 is 1.62. The van der Waals surface area contributed by atoms with Crippen molar-refractivity contribution < 1.29 is 19.0 Å². The zero-order valence-electron chi connectivity index (χ0n) is 15.6. The highest BCUT2D eigenvalue weighted by Gasteiger charge is 2.37. The number of likely N-dealkylation sites (tertiary alicyclic amines) is 1. The SMILES string of the molecule is COc1ccc(F)cc1C(c1csc2ccccc12)N1CCCCC1C(=O)O. The quantitative estimate of drug-likeness (QED) is 0.650. The number of carboxylic acid groups (broad SMARTS) is 1. The van der Waals surface area contributed by atoms with Gasteiger partial charge in [0.15, 0.2) is 0 Å². The van der Waals surface area contributed by atoms with Crippen LogP contribution in [0.4, 0.5) is 4.39 Å². The topological polar surface area (TPSA) is 49.8 Å². The molecule has 0 saturated carbocycles. The van der Waals surface area contributed by atoms with E-state index >= 15 is 0 Å². The summed E-state index contributed by atoms with van der Waals surface area (Å²) in [6.45, 7) is 0.644. The number of halogens is 1. The number of methoxy groups -OCH3 is 1. The Morgan fingerprint density at radius 3 is 2.86 bits per heavy atom. The lowest BCUT2D eigenvalue weighted by molar-refractivity contribution is -0.145. The summed E-state index contributed by atoms with van der Waals surface area (Å²) in [5.41, 5.74) is 1.66. The van der Waals surface area contributed by atoms with Crippen LogP contribution in [0.2, 0.25) is 0 Å². The molecule has 2 unspecified atom stereocenters. The maximum absolute atomic E-state index is 14.2. The van der Waals surface area contributed by atoms with E-state index in [1.165, 1.54) is 12.1 Å². The number of fused-ring (bicyclic) bond motifs is 1. The van der Waals surface area contributed by atoms with Gasteiger partial charge in [0.1, 0.15) is 17.6 Å². The average Bonchev–Trinajstić information content (AvgIpc) is 3.13. The first-order valence-electron chi connectivity index (χ1n) is 9.38. The van der Waals surface area contributed by atoms with Gasteiger partial charge in [-0.1, -0.05) is 24.6 Å². The summed E-state index contributed by atoms with van der Waals surface area (Å²) in [5.74, 6) is -0.625. The molecule has 4 nitrogen and oxygen atoms in total. The van der Waals surface area contributed by atoms with E-state index in [1.807, 2.05) is 29.2 Å². The Balaban J connectivity index is 1.93. The molecule has 1 N–H and O–H groups in total. The summed E-state index contributed by atoms with van der Waals surface area (Å²) in [4.78, 5) is 14.0. The van der Waals surface area contributed by atoms with E-state index in [0.29, 0.717) is 24.3 Å². The van der Waals surface area contributed by atoms with E-state index in [-0.39, 0.29) is 11.9 Å².